The zero-order valence-corrected chi connectivity index (χ0v) is 38.6. The number of amides is 3. The van der Waals surface area contributed by atoms with Crippen molar-refractivity contribution in [2.24, 2.45) is 28.2 Å². The second-order valence-electron chi connectivity index (χ2n) is 17.8. The molecular weight excluding hydrogens is 826 g/mol. The summed E-state index contributed by atoms with van der Waals surface area (Å²) in [6.07, 6.45) is 2.92. The van der Waals surface area contributed by atoms with Crippen LogP contribution in [0.2, 0.25) is 0 Å². The van der Waals surface area contributed by atoms with Gasteiger partial charge in [-0.15, -0.1) is 11.3 Å². The third kappa shape index (κ3) is 9.27. The van der Waals surface area contributed by atoms with Crippen molar-refractivity contribution < 1.29 is 37.8 Å². The average molecular weight is 888 g/mol. The summed E-state index contributed by atoms with van der Waals surface area (Å²) in [7, 11) is 1.66. The number of nitrogens with zero attached hydrogens (tertiary/aromatic N) is 5. The van der Waals surface area contributed by atoms with Crippen LogP contribution in [0.5, 0.6) is 0 Å². The van der Waals surface area contributed by atoms with Crippen molar-refractivity contribution in [1.29, 1.82) is 0 Å². The summed E-state index contributed by atoms with van der Waals surface area (Å²) < 4.78 is 34.6. The fraction of sp³-hybridized carbons (Fsp3) is 0.574. The van der Waals surface area contributed by atoms with Gasteiger partial charge in [-0.25, -0.2) is 14.8 Å². The Kier molecular flexibility index (Phi) is 14.0. The topological polar surface area (TPSA) is 157 Å². The van der Waals surface area contributed by atoms with Gasteiger partial charge in [0.05, 0.1) is 48.2 Å². The van der Waals surface area contributed by atoms with Crippen LogP contribution in [0.3, 0.4) is 0 Å². The summed E-state index contributed by atoms with van der Waals surface area (Å²) in [5, 5.41) is 7.76. The second-order valence-corrected chi connectivity index (χ2v) is 18.7. The minimum atomic E-state index is -1.27. The van der Waals surface area contributed by atoms with E-state index in [1.54, 1.807) is 13.3 Å². The summed E-state index contributed by atoms with van der Waals surface area (Å²) in [6, 6.07) is 4.16. The Morgan fingerprint density at radius 2 is 1.98 bits per heavy atom. The number of ether oxygens (including phenoxy) is 3. The highest BCUT2D eigenvalue weighted by Crippen LogP contribution is 2.48. The van der Waals surface area contributed by atoms with Gasteiger partial charge in [-0.1, -0.05) is 39.5 Å². The van der Waals surface area contributed by atoms with Crippen molar-refractivity contribution in [3.8, 4) is 11.3 Å². The highest BCUT2D eigenvalue weighted by molar-refractivity contribution is 7.10. The molecule has 63 heavy (non-hydrogen) atoms. The number of aliphatic imine (C=N–C) groups is 1. The SMILES string of the molecule is C=C/C(=C(\N=CC)[C@H](C)OC)c1c2c3cc(ccc3n1CC)-c1csc(n1)[C@@H](OCC)[C@H](NC(=O)[C@@H]1[C@@H](C)[C@H]1C(=O)N1CC[C@H](F)C1)C(=O)N1CCC[C@H](N1)C(=O)OCC(C)(C)C2. The molecule has 3 amide bonds. The molecule has 16 heteroatoms. The first-order chi connectivity index (χ1) is 30.2. The number of nitrogens with one attached hydrogen (secondary N) is 2. The number of rotatable bonds is 11. The van der Waals surface area contributed by atoms with Gasteiger partial charge in [0.25, 0.3) is 5.91 Å². The van der Waals surface area contributed by atoms with E-state index < -0.39 is 59.4 Å². The number of likely N-dealkylation sites (tertiary alicyclic amines) is 1. The molecule has 1 saturated carbocycles. The van der Waals surface area contributed by atoms with Crippen LogP contribution < -0.4 is 10.7 Å². The van der Waals surface area contributed by atoms with Crippen LogP contribution in [0, 0.1) is 23.2 Å². The molecule has 0 unspecified atom stereocenters. The van der Waals surface area contributed by atoms with Crippen LogP contribution in [-0.4, -0.2) is 114 Å². The normalized spacial score (nSPS) is 27.2. The molecule has 3 fully saturated rings. The summed E-state index contributed by atoms with van der Waals surface area (Å²) in [4.78, 5) is 67.7. The molecule has 3 aliphatic heterocycles. The van der Waals surface area contributed by atoms with Gasteiger partial charge in [0.1, 0.15) is 29.4 Å². The number of hydrogen-bond acceptors (Lipinski definition) is 11. The minimum absolute atomic E-state index is 0.0212. The van der Waals surface area contributed by atoms with Gasteiger partial charge in [-0.3, -0.25) is 29.2 Å². The second kappa shape index (κ2) is 19.1. The van der Waals surface area contributed by atoms with E-state index >= 15 is 0 Å². The van der Waals surface area contributed by atoms with E-state index in [9.17, 15) is 23.6 Å². The molecule has 2 aromatic heterocycles. The Hall–Kier alpha value is -4.77. The van der Waals surface area contributed by atoms with E-state index in [1.165, 1.54) is 21.2 Å². The minimum Gasteiger partial charge on any atom is -0.464 e. The Balaban J connectivity index is 1.34. The van der Waals surface area contributed by atoms with Gasteiger partial charge in [-0.2, -0.15) is 0 Å². The molecule has 4 aliphatic rings. The molecule has 5 heterocycles. The number of benzene rings is 1. The lowest BCUT2D eigenvalue weighted by Crippen LogP contribution is -2.61. The third-order valence-electron chi connectivity index (χ3n) is 12.9. The smallest absolute Gasteiger partial charge is 0.324 e. The highest BCUT2D eigenvalue weighted by atomic mass is 32.1. The van der Waals surface area contributed by atoms with Crippen molar-refractivity contribution in [1.82, 2.24) is 30.2 Å². The molecule has 8 atom stereocenters. The molecule has 0 radical (unpaired) electrons. The number of aromatic nitrogens is 2. The molecule has 3 aromatic rings. The van der Waals surface area contributed by atoms with E-state index in [2.05, 4.69) is 54.8 Å². The molecule has 6 bridgehead atoms. The number of carbonyl (C=O) groups excluding carboxylic acids is 4. The Labute approximate surface area is 373 Å². The quantitative estimate of drug-likeness (QED) is 0.126. The van der Waals surface area contributed by atoms with Crippen LogP contribution in [0.15, 0.2) is 46.9 Å². The third-order valence-corrected chi connectivity index (χ3v) is 13.8. The number of aryl methyl sites for hydroxylation is 1. The molecule has 2 N–H and O–H groups in total. The van der Waals surface area contributed by atoms with Gasteiger partial charge in [-0.05, 0) is 77.0 Å². The molecule has 0 spiro atoms. The number of carbonyl (C=O) groups is 4. The van der Waals surface area contributed by atoms with Crippen molar-refractivity contribution in [3.05, 3.63) is 58.2 Å². The van der Waals surface area contributed by atoms with Gasteiger partial charge in [0.2, 0.25) is 11.8 Å². The number of alkyl halides is 1. The number of esters is 1. The van der Waals surface area contributed by atoms with Crippen LogP contribution in [0.25, 0.3) is 27.7 Å². The molecular formula is C47H62FN7O7S. The maximum Gasteiger partial charge on any atom is 0.324 e. The van der Waals surface area contributed by atoms with Crippen molar-refractivity contribution in [2.45, 2.75) is 111 Å². The van der Waals surface area contributed by atoms with Gasteiger partial charge in [0.15, 0.2) is 0 Å². The zero-order chi connectivity index (χ0) is 45.3. The Morgan fingerprint density at radius 1 is 1.21 bits per heavy atom. The maximum absolute atomic E-state index is 14.8. The lowest BCUT2D eigenvalue weighted by atomic mass is 9.84. The van der Waals surface area contributed by atoms with Crippen LogP contribution in [0.4, 0.5) is 4.39 Å². The first-order valence-electron chi connectivity index (χ1n) is 22.2. The van der Waals surface area contributed by atoms with Crippen LogP contribution in [0.1, 0.15) is 90.1 Å². The summed E-state index contributed by atoms with van der Waals surface area (Å²) in [5.41, 5.74) is 8.65. The zero-order valence-electron chi connectivity index (χ0n) is 37.7. The fourth-order valence-electron chi connectivity index (χ4n) is 9.47. The highest BCUT2D eigenvalue weighted by Gasteiger charge is 2.58. The van der Waals surface area contributed by atoms with Gasteiger partial charge in [0, 0.05) is 72.4 Å². The average Bonchev–Trinajstić information content (AvgIpc) is 3.61. The molecule has 2 saturated heterocycles. The number of halogens is 1. The number of fused-ring (bicyclic) bond motifs is 6. The number of thiazole rings is 1. The van der Waals surface area contributed by atoms with Gasteiger partial charge < -0.3 is 29.0 Å². The van der Waals surface area contributed by atoms with Crippen molar-refractivity contribution in [3.63, 3.8) is 0 Å². The predicted molar refractivity (Wildman–Crippen MR) is 241 cm³/mol. The van der Waals surface area contributed by atoms with E-state index in [4.69, 9.17) is 24.2 Å². The Bertz CT molecular complexity index is 2300. The summed E-state index contributed by atoms with van der Waals surface area (Å²) in [6.45, 7) is 19.5. The van der Waals surface area contributed by atoms with E-state index in [-0.39, 0.29) is 50.7 Å². The number of hydrazine groups is 1. The number of cyclic esters (lactones) is 1. The number of allylic oxidation sites excluding steroid dienone is 2. The fourth-order valence-corrected chi connectivity index (χ4v) is 10.4. The van der Waals surface area contributed by atoms with Crippen LogP contribution >= 0.6 is 11.3 Å². The first kappa shape index (κ1) is 46.2. The molecule has 1 aliphatic carbocycles. The van der Waals surface area contributed by atoms with Crippen molar-refractivity contribution >= 4 is 57.7 Å². The summed E-state index contributed by atoms with van der Waals surface area (Å²) >= 11 is 1.33. The molecule has 1 aromatic carbocycles. The van der Waals surface area contributed by atoms with Crippen LogP contribution in [-0.2, 0) is 46.4 Å². The van der Waals surface area contributed by atoms with E-state index in [0.29, 0.717) is 43.1 Å². The maximum atomic E-state index is 14.8. The predicted octanol–water partition coefficient (Wildman–Crippen LogP) is 6.44. The van der Waals surface area contributed by atoms with Crippen molar-refractivity contribution in [2.75, 3.05) is 40.0 Å². The monoisotopic (exact) mass is 887 g/mol. The molecule has 14 nitrogen and oxygen atoms in total. The summed E-state index contributed by atoms with van der Waals surface area (Å²) in [5.74, 6) is -3.32. The van der Waals surface area contributed by atoms with Gasteiger partial charge >= 0.3 is 5.97 Å². The van der Waals surface area contributed by atoms with E-state index in [1.807, 2.05) is 45.2 Å². The molecule has 340 valence electrons. The lowest BCUT2D eigenvalue weighted by molar-refractivity contribution is -0.156. The van der Waals surface area contributed by atoms with E-state index in [0.717, 1.165) is 39.0 Å². The number of methoxy groups -OCH3 is 1. The number of hydrogen-bond donors (Lipinski definition) is 2. The first-order valence-corrected chi connectivity index (χ1v) is 23.1. The standard InChI is InChI=1S/C47H62FN7O7S/c1-10-30(38(49-11-2)27(6)60-9)40-32-22-47(7,8)25-62-46(59)33-15-14-19-55(52-33)45(58)39(51-42(56)36-26(5)37(36)44(57)53-20-18-29(48)23-53)41(61-13-4)43-50-34(24-63-43)28-16-17-35(31(32)21-28)54(40)12-3/h10-11,16-17,21,24,26-27,29,33,36-37,39,41,52H,1,12-15,18-20,22-23,25H2,2-9H3,(H,51,56)/b38-30+,49-11?/t26-,27+,29+,33+,36-,37-,39+,41+/m1/s1. The largest absolute Gasteiger partial charge is 0.464 e. The lowest BCUT2D eigenvalue weighted by Gasteiger charge is -2.37. The Morgan fingerprint density at radius 3 is 2.65 bits per heavy atom. The molecule has 7 rings (SSSR count).